The molecule has 0 saturated carbocycles. The zero-order chi connectivity index (χ0) is 25.8. The molecule has 1 unspecified atom stereocenters. The molecule has 35 heavy (non-hydrogen) atoms. The number of carbonyl (C=O) groups excluding carboxylic acids is 1. The molecule has 3 aromatic rings. The van der Waals surface area contributed by atoms with Crippen molar-refractivity contribution in [3.8, 4) is 11.1 Å². The van der Waals surface area contributed by atoms with Gasteiger partial charge >= 0.3 is 21.8 Å². The summed E-state index contributed by atoms with van der Waals surface area (Å²) in [6, 6.07) is 0.837. The summed E-state index contributed by atoms with van der Waals surface area (Å²) in [4.78, 5) is 16.8. The van der Waals surface area contributed by atoms with E-state index in [4.69, 9.17) is 16.0 Å². The molecule has 4 heterocycles. The molecule has 0 amide bonds. The van der Waals surface area contributed by atoms with Crippen molar-refractivity contribution in [1.82, 2.24) is 14.7 Å². The van der Waals surface area contributed by atoms with E-state index in [2.05, 4.69) is 14.5 Å². The Morgan fingerprint density at radius 2 is 1.94 bits per heavy atom. The Bertz CT molecular complexity index is 1430. The van der Waals surface area contributed by atoms with Gasteiger partial charge in [-0.15, -0.1) is 0 Å². The van der Waals surface area contributed by atoms with Crippen LogP contribution in [-0.2, 0) is 20.5 Å². The summed E-state index contributed by atoms with van der Waals surface area (Å²) in [7, 11) is -5.97. The second kappa shape index (κ2) is 8.57. The summed E-state index contributed by atoms with van der Waals surface area (Å²) in [5.41, 5.74) is -7.82. The number of Topliss-reactive ketones (excluding diaryl/α,β-unsaturated/α-hetero) is 1. The predicted molar refractivity (Wildman–Crippen MR) is 108 cm³/mol. The second-order valence-corrected chi connectivity index (χ2v) is 9.18. The van der Waals surface area contributed by atoms with Gasteiger partial charge in [0.2, 0.25) is 5.78 Å². The van der Waals surface area contributed by atoms with Crippen molar-refractivity contribution < 1.29 is 48.2 Å². The van der Waals surface area contributed by atoms with Gasteiger partial charge in [0.15, 0.2) is 5.65 Å². The summed E-state index contributed by atoms with van der Waals surface area (Å²) in [6.45, 7) is -0.261. The quantitative estimate of drug-likeness (QED) is 0.218. The number of aromatic nitrogens is 2. The Labute approximate surface area is 197 Å². The number of rotatable bonds is 5. The smallest absolute Gasteiger partial charge is 0.472 e. The van der Waals surface area contributed by atoms with Crippen LogP contribution in [0.2, 0.25) is 5.15 Å². The first kappa shape index (κ1) is 25.1. The van der Waals surface area contributed by atoms with Gasteiger partial charge < -0.3 is 13.9 Å². The van der Waals surface area contributed by atoms with Crippen molar-refractivity contribution in [2.45, 2.75) is 24.1 Å². The lowest BCUT2D eigenvalue weighted by Crippen LogP contribution is -2.41. The lowest BCUT2D eigenvalue weighted by atomic mass is 10.0. The van der Waals surface area contributed by atoms with Crippen LogP contribution in [0.5, 0.6) is 0 Å². The van der Waals surface area contributed by atoms with E-state index in [1.165, 1.54) is 24.8 Å². The minimum atomic E-state index is -5.97. The van der Waals surface area contributed by atoms with Gasteiger partial charge in [0.05, 0.1) is 24.1 Å². The fourth-order valence-corrected chi connectivity index (χ4v) is 4.12. The van der Waals surface area contributed by atoms with E-state index in [0.29, 0.717) is 5.56 Å². The first-order valence-corrected chi connectivity index (χ1v) is 11.3. The second-order valence-electron chi connectivity index (χ2n) is 7.28. The van der Waals surface area contributed by atoms with Gasteiger partial charge in [-0.25, -0.2) is 4.98 Å². The number of hydrogen-bond acceptors (Lipinski definition) is 7. The topological polar surface area (TPSA) is 103 Å². The number of alkyl halides is 6. The normalized spacial score (nSPS) is 17.5. The first-order valence-electron chi connectivity index (χ1n) is 9.48. The molecule has 0 aromatic carbocycles. The van der Waals surface area contributed by atoms with Gasteiger partial charge in [0, 0.05) is 30.3 Å². The van der Waals surface area contributed by atoms with E-state index in [1.807, 2.05) is 0 Å². The summed E-state index contributed by atoms with van der Waals surface area (Å²) >= 11 is 6.20. The summed E-state index contributed by atoms with van der Waals surface area (Å²) in [5.74, 6) is -1.65. The van der Waals surface area contributed by atoms with E-state index in [-0.39, 0.29) is 12.1 Å². The molecule has 0 spiro atoms. The van der Waals surface area contributed by atoms with Crippen molar-refractivity contribution in [3.05, 3.63) is 59.1 Å². The monoisotopic (exact) mass is 543 g/mol. The first-order chi connectivity index (χ1) is 16.2. The minimum absolute atomic E-state index is 0.0589. The average molecular weight is 544 g/mol. The van der Waals surface area contributed by atoms with Crippen LogP contribution in [0.15, 0.2) is 47.1 Å². The Hall–Kier alpha value is -3.04. The Balaban J connectivity index is 1.71. The molecule has 0 bridgehead atoms. The molecule has 16 heteroatoms. The molecule has 0 radical (unpaired) electrons. The Kier molecular flexibility index (Phi) is 6.13. The zero-order valence-corrected chi connectivity index (χ0v) is 18.5. The van der Waals surface area contributed by atoms with Crippen LogP contribution in [0, 0.1) is 0 Å². The molecule has 0 saturated heterocycles. The summed E-state index contributed by atoms with van der Waals surface area (Å²) in [6.07, 6.45) is -0.887. The van der Waals surface area contributed by atoms with Crippen molar-refractivity contribution >= 4 is 33.1 Å². The number of halogens is 7. The molecule has 3 aromatic heterocycles. The minimum Gasteiger partial charge on any atom is -0.472 e. The third kappa shape index (κ3) is 4.75. The number of furan rings is 1. The number of imidazole rings is 1. The Morgan fingerprint density at radius 1 is 1.23 bits per heavy atom. The largest absolute Gasteiger partial charge is 0.534 e. The molecule has 0 fully saturated rings. The van der Waals surface area contributed by atoms with E-state index in [9.17, 15) is 39.6 Å². The van der Waals surface area contributed by atoms with Crippen LogP contribution in [0.25, 0.3) is 16.8 Å². The standard InChI is InChI=1S/C19H12ClF6N3O5S/c20-16-14(15(30)13-6-11(1-3-27-13)34-35(31,32)19(24,25)26)28-17-12(18(21,22)23)5-10(7-29(16)17)9-2-4-33-8-9/h1-2,4-5,7-8,13,27H,3,6H2. The van der Waals surface area contributed by atoms with E-state index in [1.54, 1.807) is 0 Å². The average Bonchev–Trinajstić information content (AvgIpc) is 3.40. The van der Waals surface area contributed by atoms with Crippen LogP contribution < -0.4 is 5.32 Å². The van der Waals surface area contributed by atoms with Crippen molar-refractivity contribution in [1.29, 1.82) is 0 Å². The highest BCUT2D eigenvalue weighted by Crippen LogP contribution is 2.37. The number of nitrogens with zero attached hydrogens (tertiary/aromatic N) is 2. The zero-order valence-electron chi connectivity index (χ0n) is 16.9. The molecule has 1 aliphatic rings. The SMILES string of the molecule is O=C(c1nc2c(C(F)(F)F)cc(-c3ccoc3)cn2c1Cl)C1CC(OS(=O)(=O)C(F)(F)F)=CCN1. The van der Waals surface area contributed by atoms with Crippen LogP contribution in [0.1, 0.15) is 22.5 Å². The van der Waals surface area contributed by atoms with Gasteiger partial charge in [0.25, 0.3) is 0 Å². The van der Waals surface area contributed by atoms with E-state index < -0.39 is 67.9 Å². The summed E-state index contributed by atoms with van der Waals surface area (Å²) in [5, 5.41) is 2.11. The van der Waals surface area contributed by atoms with E-state index >= 15 is 0 Å². The van der Waals surface area contributed by atoms with Crippen molar-refractivity contribution in [2.24, 2.45) is 0 Å². The molecule has 1 aliphatic heterocycles. The Morgan fingerprint density at radius 3 is 2.54 bits per heavy atom. The number of fused-ring (bicyclic) bond motifs is 1. The highest BCUT2D eigenvalue weighted by atomic mass is 35.5. The molecule has 8 nitrogen and oxygen atoms in total. The highest BCUT2D eigenvalue weighted by Gasteiger charge is 2.49. The maximum atomic E-state index is 13.8. The fourth-order valence-electron chi connectivity index (χ4n) is 3.35. The van der Waals surface area contributed by atoms with Crippen LogP contribution in [-0.4, -0.2) is 41.7 Å². The fraction of sp³-hybridized carbons (Fsp3) is 0.263. The maximum absolute atomic E-state index is 13.8. The molecule has 188 valence electrons. The lowest BCUT2D eigenvalue weighted by Gasteiger charge is -2.22. The van der Waals surface area contributed by atoms with Gasteiger partial charge in [-0.3, -0.25) is 9.20 Å². The van der Waals surface area contributed by atoms with Gasteiger partial charge in [-0.1, -0.05) is 11.6 Å². The van der Waals surface area contributed by atoms with Gasteiger partial charge in [-0.05, 0) is 18.2 Å². The molecule has 1 N–H and O–H groups in total. The summed E-state index contributed by atoms with van der Waals surface area (Å²) < 4.78 is 111. The molecule has 4 rings (SSSR count). The van der Waals surface area contributed by atoms with Crippen LogP contribution >= 0.6 is 11.6 Å². The van der Waals surface area contributed by atoms with Crippen LogP contribution in [0.3, 0.4) is 0 Å². The molecular formula is C19H12ClF6N3O5S. The highest BCUT2D eigenvalue weighted by molar-refractivity contribution is 7.87. The van der Waals surface area contributed by atoms with E-state index in [0.717, 1.165) is 16.5 Å². The lowest BCUT2D eigenvalue weighted by molar-refractivity contribution is -0.136. The molecule has 1 atom stereocenters. The molecular weight excluding hydrogens is 532 g/mol. The third-order valence-corrected chi connectivity index (χ3v) is 6.33. The number of pyridine rings is 1. The number of ketones is 1. The molecule has 0 aliphatic carbocycles. The predicted octanol–water partition coefficient (Wildman–Crippen LogP) is 4.56. The van der Waals surface area contributed by atoms with Gasteiger partial charge in [0.1, 0.15) is 16.6 Å². The third-order valence-electron chi connectivity index (χ3n) is 4.97. The van der Waals surface area contributed by atoms with Crippen LogP contribution in [0.4, 0.5) is 26.3 Å². The number of nitrogens with one attached hydrogen (secondary N) is 1. The van der Waals surface area contributed by atoms with Crippen molar-refractivity contribution in [2.75, 3.05) is 6.54 Å². The number of hydrogen-bond donors (Lipinski definition) is 1. The number of carbonyl (C=O) groups is 1. The van der Waals surface area contributed by atoms with Gasteiger partial charge in [-0.2, -0.15) is 34.8 Å². The maximum Gasteiger partial charge on any atom is 0.534 e. The van der Waals surface area contributed by atoms with Crippen molar-refractivity contribution in [3.63, 3.8) is 0 Å².